The molecule has 1 aliphatic rings. The Morgan fingerprint density at radius 3 is 2.25 bits per heavy atom. The Labute approximate surface area is 185 Å². The molecule has 0 spiro atoms. The van der Waals surface area contributed by atoms with E-state index in [0.717, 1.165) is 11.1 Å². The number of aryl methyl sites for hydroxylation is 1. The number of amides is 3. The van der Waals surface area contributed by atoms with E-state index in [2.05, 4.69) is 15.6 Å². The molecule has 0 radical (unpaired) electrons. The van der Waals surface area contributed by atoms with Gasteiger partial charge in [0, 0.05) is 30.7 Å². The van der Waals surface area contributed by atoms with Gasteiger partial charge in [-0.2, -0.15) is 0 Å². The van der Waals surface area contributed by atoms with E-state index in [0.29, 0.717) is 16.9 Å². The van der Waals surface area contributed by atoms with Gasteiger partial charge in [-0.3, -0.25) is 24.3 Å². The molecule has 2 N–H and O–H groups in total. The van der Waals surface area contributed by atoms with Crippen LogP contribution in [0.25, 0.3) is 5.57 Å². The van der Waals surface area contributed by atoms with E-state index in [4.69, 9.17) is 0 Å². The van der Waals surface area contributed by atoms with E-state index in [1.54, 1.807) is 42.7 Å². The lowest BCUT2D eigenvalue weighted by Crippen LogP contribution is -2.32. The van der Waals surface area contributed by atoms with E-state index < -0.39 is 5.91 Å². The van der Waals surface area contributed by atoms with Gasteiger partial charge in [-0.25, -0.2) is 0 Å². The molecule has 3 amide bonds. The zero-order chi connectivity index (χ0) is 22.7. The number of nitrogens with zero attached hydrogens (tertiary/aromatic N) is 2. The predicted molar refractivity (Wildman–Crippen MR) is 122 cm³/mol. The van der Waals surface area contributed by atoms with Crippen molar-refractivity contribution >= 4 is 34.7 Å². The largest absolute Gasteiger partial charge is 0.350 e. The van der Waals surface area contributed by atoms with E-state index >= 15 is 0 Å². The lowest BCUT2D eigenvalue weighted by atomic mass is 10.0. The molecule has 3 aromatic rings. The molecule has 0 atom stereocenters. The van der Waals surface area contributed by atoms with E-state index in [-0.39, 0.29) is 29.6 Å². The van der Waals surface area contributed by atoms with Gasteiger partial charge < -0.3 is 10.6 Å². The summed E-state index contributed by atoms with van der Waals surface area (Å²) in [6, 6.07) is 18.0. The number of hydrogen-bond acceptors (Lipinski definition) is 5. The molecule has 1 aromatic heterocycles. The van der Waals surface area contributed by atoms with E-state index in [1.165, 1.54) is 11.8 Å². The molecule has 0 aliphatic carbocycles. The fourth-order valence-electron chi connectivity index (χ4n) is 3.48. The molecule has 7 heteroatoms. The minimum atomic E-state index is -0.402. The van der Waals surface area contributed by atoms with Crippen LogP contribution >= 0.6 is 0 Å². The Bertz CT molecular complexity index is 1200. The Kier molecular flexibility index (Phi) is 5.81. The average molecular weight is 426 g/mol. The van der Waals surface area contributed by atoms with Crippen LogP contribution in [0.4, 0.5) is 11.4 Å². The van der Waals surface area contributed by atoms with Crippen LogP contribution < -0.4 is 10.6 Å². The van der Waals surface area contributed by atoms with Crippen molar-refractivity contribution in [2.45, 2.75) is 20.4 Å². The van der Waals surface area contributed by atoms with Gasteiger partial charge in [-0.05, 0) is 48.4 Å². The molecular weight excluding hydrogens is 404 g/mol. The van der Waals surface area contributed by atoms with Crippen molar-refractivity contribution in [1.29, 1.82) is 0 Å². The number of nitrogens with one attached hydrogen (secondary N) is 2. The smallest absolute Gasteiger partial charge is 0.278 e. The average Bonchev–Trinajstić information content (AvgIpc) is 3.00. The maximum Gasteiger partial charge on any atom is 0.278 e. The Balaban J connectivity index is 1.71. The summed E-state index contributed by atoms with van der Waals surface area (Å²) in [4.78, 5) is 43.2. The zero-order valence-electron chi connectivity index (χ0n) is 17.8. The second-order valence-electron chi connectivity index (χ2n) is 7.56. The Morgan fingerprint density at radius 2 is 1.62 bits per heavy atom. The molecule has 2 heterocycles. The van der Waals surface area contributed by atoms with Crippen molar-refractivity contribution < 1.29 is 14.4 Å². The van der Waals surface area contributed by atoms with Gasteiger partial charge in [0.15, 0.2) is 0 Å². The summed E-state index contributed by atoms with van der Waals surface area (Å²) in [6.45, 7) is 3.53. The number of aromatic nitrogens is 1. The molecule has 0 bridgehead atoms. The van der Waals surface area contributed by atoms with Crippen molar-refractivity contribution in [3.8, 4) is 0 Å². The number of pyridine rings is 1. The number of imide groups is 1. The minimum Gasteiger partial charge on any atom is -0.350 e. The molecule has 4 rings (SSSR count). The third-order valence-corrected chi connectivity index (χ3v) is 5.05. The lowest BCUT2D eigenvalue weighted by molar-refractivity contribution is -0.137. The first-order valence-corrected chi connectivity index (χ1v) is 10.1. The van der Waals surface area contributed by atoms with Crippen molar-refractivity contribution in [2.75, 3.05) is 10.6 Å². The van der Waals surface area contributed by atoms with Gasteiger partial charge >= 0.3 is 0 Å². The molecule has 2 aromatic carbocycles. The quantitative estimate of drug-likeness (QED) is 0.586. The van der Waals surface area contributed by atoms with Crippen molar-refractivity contribution in [3.05, 3.63) is 95.4 Å². The van der Waals surface area contributed by atoms with E-state index in [9.17, 15) is 14.4 Å². The molecule has 160 valence electrons. The summed E-state index contributed by atoms with van der Waals surface area (Å²) < 4.78 is 0. The zero-order valence-corrected chi connectivity index (χ0v) is 17.8. The first-order chi connectivity index (χ1) is 15.4. The maximum absolute atomic E-state index is 13.4. The summed E-state index contributed by atoms with van der Waals surface area (Å²) in [6.07, 6.45) is 3.27. The number of rotatable bonds is 6. The van der Waals surface area contributed by atoms with Crippen LogP contribution in [-0.2, 0) is 20.9 Å². The fourth-order valence-corrected chi connectivity index (χ4v) is 3.48. The van der Waals surface area contributed by atoms with Crippen LogP contribution in [0.5, 0.6) is 0 Å². The molecule has 7 nitrogen and oxygen atoms in total. The topological polar surface area (TPSA) is 91.4 Å². The number of anilines is 2. The van der Waals surface area contributed by atoms with Gasteiger partial charge in [0.05, 0.1) is 12.1 Å². The second-order valence-corrected chi connectivity index (χ2v) is 7.56. The SMILES string of the molecule is CC(=O)Nc1ccc(C2=C(Nc3ccc(C)cc3)C(=O)N(Cc3cccnc3)C2=O)cc1. The summed E-state index contributed by atoms with van der Waals surface area (Å²) in [7, 11) is 0. The van der Waals surface area contributed by atoms with Crippen LogP contribution in [0.2, 0.25) is 0 Å². The third kappa shape index (κ3) is 4.41. The van der Waals surface area contributed by atoms with E-state index in [1.807, 2.05) is 37.3 Å². The standard InChI is InChI=1S/C25H22N4O3/c1-16-5-9-21(10-6-16)28-23-22(19-7-11-20(12-8-19)27-17(2)30)24(31)29(25(23)32)15-18-4-3-13-26-14-18/h3-14,28H,15H2,1-2H3,(H,27,30). The number of carbonyl (C=O) groups excluding carboxylic acids is 3. The van der Waals surface area contributed by atoms with Gasteiger partial charge in [0.2, 0.25) is 5.91 Å². The van der Waals surface area contributed by atoms with Gasteiger partial charge in [0.1, 0.15) is 5.70 Å². The first kappa shape index (κ1) is 21.0. The van der Waals surface area contributed by atoms with Crippen LogP contribution in [0.3, 0.4) is 0 Å². The van der Waals surface area contributed by atoms with Crippen LogP contribution in [0.1, 0.15) is 23.6 Å². The highest BCUT2D eigenvalue weighted by Gasteiger charge is 2.39. The molecular formula is C25H22N4O3. The second kappa shape index (κ2) is 8.85. The van der Waals surface area contributed by atoms with Crippen LogP contribution in [0, 0.1) is 6.92 Å². The normalized spacial score (nSPS) is 13.5. The molecule has 32 heavy (non-hydrogen) atoms. The molecule has 0 fully saturated rings. The summed E-state index contributed by atoms with van der Waals surface area (Å²) in [5, 5.41) is 5.84. The highest BCUT2D eigenvalue weighted by atomic mass is 16.2. The Morgan fingerprint density at radius 1 is 0.938 bits per heavy atom. The summed E-state index contributed by atoms with van der Waals surface area (Å²) >= 11 is 0. The first-order valence-electron chi connectivity index (χ1n) is 10.1. The Hall–Kier alpha value is -4.26. The molecule has 0 saturated heterocycles. The van der Waals surface area contributed by atoms with Crippen molar-refractivity contribution in [2.24, 2.45) is 0 Å². The minimum absolute atomic E-state index is 0.123. The van der Waals surface area contributed by atoms with Gasteiger partial charge in [-0.1, -0.05) is 35.9 Å². The van der Waals surface area contributed by atoms with Crippen LogP contribution in [0.15, 0.2) is 78.8 Å². The van der Waals surface area contributed by atoms with Gasteiger partial charge in [0.25, 0.3) is 11.8 Å². The van der Waals surface area contributed by atoms with Crippen molar-refractivity contribution in [1.82, 2.24) is 9.88 Å². The van der Waals surface area contributed by atoms with Crippen LogP contribution in [-0.4, -0.2) is 27.6 Å². The highest BCUT2D eigenvalue weighted by Crippen LogP contribution is 2.32. The third-order valence-electron chi connectivity index (χ3n) is 5.05. The molecule has 0 unspecified atom stereocenters. The summed E-state index contributed by atoms with van der Waals surface area (Å²) in [5.41, 5.74) is 4.25. The number of carbonyl (C=O) groups is 3. The molecule has 1 aliphatic heterocycles. The van der Waals surface area contributed by atoms with Crippen molar-refractivity contribution in [3.63, 3.8) is 0 Å². The number of hydrogen-bond donors (Lipinski definition) is 2. The highest BCUT2D eigenvalue weighted by molar-refractivity contribution is 6.36. The fraction of sp³-hybridized carbons (Fsp3) is 0.120. The summed E-state index contributed by atoms with van der Waals surface area (Å²) in [5.74, 6) is -0.977. The predicted octanol–water partition coefficient (Wildman–Crippen LogP) is 3.74. The lowest BCUT2D eigenvalue weighted by Gasteiger charge is -2.15. The molecule has 0 saturated carbocycles. The van der Waals surface area contributed by atoms with Gasteiger partial charge in [-0.15, -0.1) is 0 Å². The number of benzene rings is 2. The monoisotopic (exact) mass is 426 g/mol. The maximum atomic E-state index is 13.4.